The van der Waals surface area contributed by atoms with Gasteiger partial charge in [-0.2, -0.15) is 0 Å². The number of ether oxygens (including phenoxy) is 1. The minimum atomic E-state index is -0.525. The molecule has 1 aliphatic rings. The monoisotopic (exact) mass is 256 g/mol. The molecule has 2 atom stereocenters. The first-order chi connectivity index (χ1) is 8.70. The molecule has 2 rings (SSSR count). The number of rotatable bonds is 5. The molecule has 1 aliphatic heterocycles. The number of nitrogens with one attached hydrogen (secondary N) is 1. The highest BCUT2D eigenvalue weighted by molar-refractivity contribution is 5.20. The van der Waals surface area contributed by atoms with E-state index in [9.17, 15) is 8.78 Å². The molecule has 100 valence electrons. The van der Waals surface area contributed by atoms with Gasteiger partial charge in [0.15, 0.2) is 0 Å². The van der Waals surface area contributed by atoms with Crippen molar-refractivity contribution in [3.63, 3.8) is 0 Å². The van der Waals surface area contributed by atoms with Gasteiger partial charge in [-0.15, -0.1) is 0 Å². The first-order valence-corrected chi connectivity index (χ1v) is 6.21. The molecule has 0 bridgehead atoms. The number of benzene rings is 1. The van der Waals surface area contributed by atoms with Gasteiger partial charge in [-0.3, -0.25) is 11.3 Å². The van der Waals surface area contributed by atoms with Gasteiger partial charge >= 0.3 is 0 Å². The molecule has 0 aliphatic carbocycles. The summed E-state index contributed by atoms with van der Waals surface area (Å²) in [7, 11) is 0. The zero-order valence-electron chi connectivity index (χ0n) is 10.2. The molecular formula is C13H18F2N2O. The molecule has 0 radical (unpaired) electrons. The third kappa shape index (κ3) is 3.25. The molecule has 1 heterocycles. The second kappa shape index (κ2) is 6.22. The Morgan fingerprint density at radius 1 is 1.39 bits per heavy atom. The summed E-state index contributed by atoms with van der Waals surface area (Å²) in [6.07, 6.45) is 3.06. The van der Waals surface area contributed by atoms with Gasteiger partial charge in [0.25, 0.3) is 0 Å². The van der Waals surface area contributed by atoms with Crippen molar-refractivity contribution in [2.75, 3.05) is 6.61 Å². The van der Waals surface area contributed by atoms with Crippen molar-refractivity contribution < 1.29 is 13.5 Å². The zero-order chi connectivity index (χ0) is 13.0. The molecule has 1 fully saturated rings. The lowest BCUT2D eigenvalue weighted by Crippen LogP contribution is -2.39. The number of hydrogen-bond acceptors (Lipinski definition) is 3. The lowest BCUT2D eigenvalue weighted by atomic mass is 9.99. The minimum Gasteiger partial charge on any atom is -0.378 e. The number of halogens is 2. The van der Waals surface area contributed by atoms with Crippen LogP contribution in [0.15, 0.2) is 18.2 Å². The van der Waals surface area contributed by atoms with Crippen molar-refractivity contribution in [1.82, 2.24) is 5.43 Å². The third-order valence-corrected chi connectivity index (χ3v) is 3.32. The van der Waals surface area contributed by atoms with Crippen LogP contribution in [0.5, 0.6) is 0 Å². The Bertz CT molecular complexity index is 374. The summed E-state index contributed by atoms with van der Waals surface area (Å²) in [6, 6.07) is 3.70. The number of hydrogen-bond donors (Lipinski definition) is 2. The van der Waals surface area contributed by atoms with E-state index in [4.69, 9.17) is 10.6 Å². The summed E-state index contributed by atoms with van der Waals surface area (Å²) < 4.78 is 32.5. The van der Waals surface area contributed by atoms with Crippen LogP contribution in [0.4, 0.5) is 8.78 Å². The highest BCUT2D eigenvalue weighted by atomic mass is 19.1. The van der Waals surface area contributed by atoms with Crippen LogP contribution in [0, 0.1) is 11.6 Å². The molecule has 18 heavy (non-hydrogen) atoms. The van der Waals surface area contributed by atoms with Gasteiger partial charge in [-0.1, -0.05) is 6.07 Å². The van der Waals surface area contributed by atoms with E-state index in [1.807, 2.05) is 0 Å². The fourth-order valence-corrected chi connectivity index (χ4v) is 2.33. The predicted octanol–water partition coefficient (Wildman–Crippen LogP) is 1.91. The second-order valence-electron chi connectivity index (χ2n) is 4.64. The normalized spacial score (nSPS) is 21.2. The average molecular weight is 256 g/mol. The van der Waals surface area contributed by atoms with Crippen LogP contribution in [0.25, 0.3) is 0 Å². The Kier molecular flexibility index (Phi) is 4.63. The maximum atomic E-state index is 13.5. The molecule has 0 amide bonds. The highest BCUT2D eigenvalue weighted by Crippen LogP contribution is 2.20. The van der Waals surface area contributed by atoms with Gasteiger partial charge in [-0.25, -0.2) is 8.78 Å². The van der Waals surface area contributed by atoms with Crippen LogP contribution >= 0.6 is 0 Å². The van der Waals surface area contributed by atoms with Gasteiger partial charge < -0.3 is 4.74 Å². The fraction of sp³-hybridized carbons (Fsp3) is 0.538. The molecule has 3 N–H and O–H groups in total. The molecule has 2 unspecified atom stereocenters. The van der Waals surface area contributed by atoms with Crippen molar-refractivity contribution >= 4 is 0 Å². The molecule has 0 spiro atoms. The SMILES string of the molecule is NNC(Cc1c(F)cccc1F)CC1CCCO1. The maximum absolute atomic E-state index is 13.5. The van der Waals surface area contributed by atoms with E-state index in [-0.39, 0.29) is 24.1 Å². The molecule has 1 saturated heterocycles. The van der Waals surface area contributed by atoms with Crippen molar-refractivity contribution in [3.8, 4) is 0 Å². The Morgan fingerprint density at radius 3 is 2.67 bits per heavy atom. The first-order valence-electron chi connectivity index (χ1n) is 6.21. The van der Waals surface area contributed by atoms with E-state index in [2.05, 4.69) is 5.43 Å². The van der Waals surface area contributed by atoms with Crippen LogP contribution in [0.2, 0.25) is 0 Å². The summed E-state index contributed by atoms with van der Waals surface area (Å²) in [5.74, 6) is 4.40. The molecule has 5 heteroatoms. The van der Waals surface area contributed by atoms with Crippen LogP contribution in [0.3, 0.4) is 0 Å². The Balaban J connectivity index is 2.00. The van der Waals surface area contributed by atoms with Crippen LogP contribution in [0.1, 0.15) is 24.8 Å². The summed E-state index contributed by atoms with van der Waals surface area (Å²) in [5.41, 5.74) is 2.70. The average Bonchev–Trinajstić information content (AvgIpc) is 2.85. The topological polar surface area (TPSA) is 47.3 Å². The number of nitrogens with two attached hydrogens (primary N) is 1. The number of hydrazine groups is 1. The molecule has 0 saturated carbocycles. The van der Waals surface area contributed by atoms with Gasteiger partial charge in [0.05, 0.1) is 6.10 Å². The van der Waals surface area contributed by atoms with Crippen molar-refractivity contribution in [2.24, 2.45) is 5.84 Å². The van der Waals surface area contributed by atoms with Crippen LogP contribution < -0.4 is 11.3 Å². The summed E-state index contributed by atoms with van der Waals surface area (Å²) in [4.78, 5) is 0. The van der Waals surface area contributed by atoms with Crippen molar-refractivity contribution in [1.29, 1.82) is 0 Å². The maximum Gasteiger partial charge on any atom is 0.129 e. The van der Waals surface area contributed by atoms with Crippen LogP contribution in [-0.4, -0.2) is 18.8 Å². The summed E-state index contributed by atoms with van der Waals surface area (Å²) in [5, 5.41) is 0. The fourth-order valence-electron chi connectivity index (χ4n) is 2.33. The molecule has 0 aromatic heterocycles. The third-order valence-electron chi connectivity index (χ3n) is 3.32. The van der Waals surface area contributed by atoms with Gasteiger partial charge in [0.1, 0.15) is 11.6 Å². The van der Waals surface area contributed by atoms with Gasteiger partial charge in [-0.05, 0) is 37.8 Å². The predicted molar refractivity (Wildman–Crippen MR) is 64.8 cm³/mol. The largest absolute Gasteiger partial charge is 0.378 e. The smallest absolute Gasteiger partial charge is 0.129 e. The Morgan fingerprint density at radius 2 is 2.11 bits per heavy atom. The van der Waals surface area contributed by atoms with Crippen molar-refractivity contribution in [3.05, 3.63) is 35.4 Å². The quantitative estimate of drug-likeness (QED) is 0.625. The molecular weight excluding hydrogens is 238 g/mol. The van der Waals surface area contributed by atoms with E-state index in [0.717, 1.165) is 19.4 Å². The zero-order valence-corrected chi connectivity index (χ0v) is 10.2. The van der Waals surface area contributed by atoms with Crippen LogP contribution in [-0.2, 0) is 11.2 Å². The highest BCUT2D eigenvalue weighted by Gasteiger charge is 2.22. The lowest BCUT2D eigenvalue weighted by molar-refractivity contribution is 0.0944. The first kappa shape index (κ1) is 13.4. The van der Waals surface area contributed by atoms with Gasteiger partial charge in [0.2, 0.25) is 0 Å². The van der Waals surface area contributed by atoms with E-state index < -0.39 is 11.6 Å². The van der Waals surface area contributed by atoms with Gasteiger partial charge in [0, 0.05) is 18.2 Å². The Hall–Kier alpha value is -1.04. The molecule has 3 nitrogen and oxygen atoms in total. The minimum absolute atomic E-state index is 0.0819. The lowest BCUT2D eigenvalue weighted by Gasteiger charge is -2.20. The molecule has 1 aromatic carbocycles. The van der Waals surface area contributed by atoms with Crippen molar-refractivity contribution in [2.45, 2.75) is 37.8 Å². The van der Waals surface area contributed by atoms with E-state index in [0.29, 0.717) is 6.42 Å². The van der Waals surface area contributed by atoms with E-state index >= 15 is 0 Å². The van der Waals surface area contributed by atoms with E-state index in [1.54, 1.807) is 0 Å². The second-order valence-corrected chi connectivity index (χ2v) is 4.64. The van der Waals surface area contributed by atoms with E-state index in [1.165, 1.54) is 18.2 Å². The summed E-state index contributed by atoms with van der Waals surface area (Å²) in [6.45, 7) is 0.760. The standard InChI is InChI=1S/C13H18F2N2O/c14-12-4-1-5-13(15)11(12)8-9(17-16)7-10-3-2-6-18-10/h1,4-5,9-10,17H,2-3,6-8,16H2. The molecule has 1 aromatic rings. The Labute approximate surface area is 105 Å². The summed E-state index contributed by atoms with van der Waals surface area (Å²) >= 11 is 0.